The minimum Gasteiger partial charge on any atom is -0.228 e. The fourth-order valence-electron chi connectivity index (χ4n) is 3.94. The van der Waals surface area contributed by atoms with Crippen molar-refractivity contribution in [2.24, 2.45) is 0 Å². The monoisotopic (exact) mass is 412 g/mol. The Balaban J connectivity index is 1.60. The minimum atomic E-state index is 0.734. The summed E-state index contributed by atoms with van der Waals surface area (Å²) in [4.78, 5) is 9.84. The Morgan fingerprint density at radius 1 is 0.469 bits per heavy atom. The molecule has 2 heteroatoms. The van der Waals surface area contributed by atoms with E-state index in [9.17, 15) is 0 Å². The molecule has 32 heavy (non-hydrogen) atoms. The summed E-state index contributed by atoms with van der Waals surface area (Å²) < 4.78 is 0. The van der Waals surface area contributed by atoms with Gasteiger partial charge in [-0.15, -0.1) is 0 Å². The molecular weight excluding hydrogens is 388 g/mol. The third kappa shape index (κ3) is 4.08. The van der Waals surface area contributed by atoms with Gasteiger partial charge in [0.05, 0.1) is 11.4 Å². The van der Waals surface area contributed by atoms with Gasteiger partial charge in [-0.3, -0.25) is 0 Å². The highest BCUT2D eigenvalue weighted by molar-refractivity contribution is 5.74. The Hall–Kier alpha value is -4.04. The van der Waals surface area contributed by atoms with Crippen molar-refractivity contribution in [3.05, 3.63) is 120 Å². The van der Waals surface area contributed by atoms with Crippen LogP contribution in [0.2, 0.25) is 0 Å². The van der Waals surface area contributed by atoms with Gasteiger partial charge in [-0.1, -0.05) is 109 Å². The van der Waals surface area contributed by atoms with E-state index >= 15 is 0 Å². The molecule has 0 amide bonds. The molecule has 0 saturated heterocycles. The van der Waals surface area contributed by atoms with E-state index in [0.29, 0.717) is 0 Å². The molecule has 1 heterocycles. The Bertz CT molecular complexity index is 1300. The van der Waals surface area contributed by atoms with Crippen LogP contribution in [0.5, 0.6) is 0 Å². The SMILES string of the molecule is Cc1ccc(C)c(-c2ccc(-c3nc(-c4ccccc4)cc(-c4ccccc4)n3)cc2)c1. The lowest BCUT2D eigenvalue weighted by Gasteiger charge is -2.11. The average molecular weight is 413 g/mol. The zero-order valence-corrected chi connectivity index (χ0v) is 18.3. The van der Waals surface area contributed by atoms with Crippen LogP contribution in [0.4, 0.5) is 0 Å². The molecule has 154 valence electrons. The third-order valence-electron chi connectivity index (χ3n) is 5.71. The van der Waals surface area contributed by atoms with Crippen LogP contribution in [0.1, 0.15) is 11.1 Å². The van der Waals surface area contributed by atoms with E-state index in [1.54, 1.807) is 0 Å². The second-order valence-corrected chi connectivity index (χ2v) is 8.09. The average Bonchev–Trinajstić information content (AvgIpc) is 2.86. The fourth-order valence-corrected chi connectivity index (χ4v) is 3.94. The number of rotatable bonds is 4. The number of nitrogens with zero attached hydrogens (tertiary/aromatic N) is 2. The highest BCUT2D eigenvalue weighted by Gasteiger charge is 2.11. The lowest BCUT2D eigenvalue weighted by Crippen LogP contribution is -1.96. The predicted molar refractivity (Wildman–Crippen MR) is 133 cm³/mol. The van der Waals surface area contributed by atoms with Gasteiger partial charge in [-0.25, -0.2) is 9.97 Å². The van der Waals surface area contributed by atoms with E-state index in [0.717, 1.165) is 33.9 Å². The van der Waals surface area contributed by atoms with Crippen LogP contribution in [0.25, 0.3) is 45.0 Å². The maximum Gasteiger partial charge on any atom is 0.160 e. The molecule has 0 unspecified atom stereocenters. The van der Waals surface area contributed by atoms with Gasteiger partial charge in [-0.2, -0.15) is 0 Å². The van der Waals surface area contributed by atoms with Crippen molar-refractivity contribution in [2.75, 3.05) is 0 Å². The summed E-state index contributed by atoms with van der Waals surface area (Å²) in [5.74, 6) is 0.734. The topological polar surface area (TPSA) is 25.8 Å². The summed E-state index contributed by atoms with van der Waals surface area (Å²) in [6.45, 7) is 4.28. The lowest BCUT2D eigenvalue weighted by molar-refractivity contribution is 1.18. The quantitative estimate of drug-likeness (QED) is 0.301. The van der Waals surface area contributed by atoms with Crippen molar-refractivity contribution in [1.29, 1.82) is 0 Å². The molecule has 2 nitrogen and oxygen atoms in total. The largest absolute Gasteiger partial charge is 0.228 e. The van der Waals surface area contributed by atoms with Gasteiger partial charge in [-0.05, 0) is 36.6 Å². The third-order valence-corrected chi connectivity index (χ3v) is 5.71. The highest BCUT2D eigenvalue weighted by Crippen LogP contribution is 2.30. The summed E-state index contributed by atoms with van der Waals surface area (Å²) >= 11 is 0. The van der Waals surface area contributed by atoms with Gasteiger partial charge in [0.25, 0.3) is 0 Å². The second-order valence-electron chi connectivity index (χ2n) is 8.09. The molecule has 0 saturated carbocycles. The van der Waals surface area contributed by atoms with Gasteiger partial charge in [0, 0.05) is 16.7 Å². The number of benzene rings is 4. The zero-order chi connectivity index (χ0) is 21.9. The van der Waals surface area contributed by atoms with Crippen molar-refractivity contribution in [3.63, 3.8) is 0 Å². The van der Waals surface area contributed by atoms with Crippen molar-refractivity contribution in [1.82, 2.24) is 9.97 Å². The van der Waals surface area contributed by atoms with Crippen molar-refractivity contribution in [3.8, 4) is 45.0 Å². The first-order chi connectivity index (χ1) is 15.7. The molecule has 5 aromatic rings. The maximum atomic E-state index is 4.92. The number of aryl methyl sites for hydroxylation is 2. The Kier molecular flexibility index (Phi) is 5.35. The molecule has 5 rings (SSSR count). The molecule has 0 aliphatic heterocycles. The number of hydrogen-bond donors (Lipinski definition) is 0. The molecule has 0 spiro atoms. The first-order valence-corrected chi connectivity index (χ1v) is 10.9. The molecule has 0 atom stereocenters. The van der Waals surface area contributed by atoms with E-state index in [-0.39, 0.29) is 0 Å². The first-order valence-electron chi connectivity index (χ1n) is 10.9. The summed E-state index contributed by atoms with van der Waals surface area (Å²) in [6, 6.07) is 37.8. The Morgan fingerprint density at radius 2 is 1.00 bits per heavy atom. The van der Waals surface area contributed by atoms with Crippen LogP contribution in [-0.4, -0.2) is 9.97 Å². The van der Waals surface area contributed by atoms with Crippen LogP contribution >= 0.6 is 0 Å². The summed E-state index contributed by atoms with van der Waals surface area (Å²) in [7, 11) is 0. The molecule has 4 aromatic carbocycles. The predicted octanol–water partition coefficient (Wildman–Crippen LogP) is 7.76. The van der Waals surface area contributed by atoms with Crippen LogP contribution < -0.4 is 0 Å². The van der Waals surface area contributed by atoms with Crippen LogP contribution in [-0.2, 0) is 0 Å². The van der Waals surface area contributed by atoms with Gasteiger partial charge in [0.1, 0.15) is 0 Å². The smallest absolute Gasteiger partial charge is 0.160 e. The zero-order valence-electron chi connectivity index (χ0n) is 18.3. The van der Waals surface area contributed by atoms with Gasteiger partial charge in [0.2, 0.25) is 0 Å². The lowest BCUT2D eigenvalue weighted by atomic mass is 9.97. The van der Waals surface area contributed by atoms with Crippen LogP contribution in [0, 0.1) is 13.8 Å². The second kappa shape index (κ2) is 8.60. The van der Waals surface area contributed by atoms with Crippen LogP contribution in [0.3, 0.4) is 0 Å². The van der Waals surface area contributed by atoms with Gasteiger partial charge in [0.15, 0.2) is 5.82 Å². The van der Waals surface area contributed by atoms with E-state index in [1.165, 1.54) is 22.3 Å². The van der Waals surface area contributed by atoms with Crippen LogP contribution in [0.15, 0.2) is 109 Å². The standard InChI is InChI=1S/C30H24N2/c1-21-13-14-22(2)27(19-21)23-15-17-26(18-16-23)30-31-28(24-9-5-3-6-10-24)20-29(32-30)25-11-7-4-8-12-25/h3-20H,1-2H3. The Labute approximate surface area is 189 Å². The summed E-state index contributed by atoms with van der Waals surface area (Å²) in [5.41, 5.74) is 10.0. The molecule has 0 fully saturated rings. The minimum absolute atomic E-state index is 0.734. The van der Waals surface area contributed by atoms with E-state index < -0.39 is 0 Å². The van der Waals surface area contributed by atoms with Crippen molar-refractivity contribution >= 4 is 0 Å². The molecule has 0 aliphatic carbocycles. The molecular formula is C30H24N2. The van der Waals surface area contributed by atoms with E-state index in [1.807, 2.05) is 36.4 Å². The Morgan fingerprint density at radius 3 is 1.56 bits per heavy atom. The highest BCUT2D eigenvalue weighted by atomic mass is 14.9. The number of aromatic nitrogens is 2. The van der Waals surface area contributed by atoms with E-state index in [2.05, 4.69) is 86.6 Å². The van der Waals surface area contributed by atoms with Gasteiger partial charge >= 0.3 is 0 Å². The number of hydrogen-bond acceptors (Lipinski definition) is 2. The fraction of sp³-hybridized carbons (Fsp3) is 0.0667. The normalized spacial score (nSPS) is 10.8. The molecule has 0 bridgehead atoms. The van der Waals surface area contributed by atoms with Crippen molar-refractivity contribution in [2.45, 2.75) is 13.8 Å². The molecule has 0 N–H and O–H groups in total. The maximum absolute atomic E-state index is 4.92. The molecule has 0 aliphatic rings. The van der Waals surface area contributed by atoms with Gasteiger partial charge < -0.3 is 0 Å². The molecule has 0 radical (unpaired) electrons. The first kappa shape index (κ1) is 19.9. The summed E-state index contributed by atoms with van der Waals surface area (Å²) in [6.07, 6.45) is 0. The van der Waals surface area contributed by atoms with E-state index in [4.69, 9.17) is 9.97 Å². The van der Waals surface area contributed by atoms with Crippen molar-refractivity contribution < 1.29 is 0 Å². The summed E-state index contributed by atoms with van der Waals surface area (Å²) in [5, 5.41) is 0. The molecule has 1 aromatic heterocycles.